The second-order valence-corrected chi connectivity index (χ2v) is 4.10. The van der Waals surface area contributed by atoms with Gasteiger partial charge in [-0.25, -0.2) is 13.8 Å². The summed E-state index contributed by atoms with van der Waals surface area (Å²) in [5, 5.41) is 0. The molecule has 15 heavy (non-hydrogen) atoms. The van der Waals surface area contributed by atoms with Gasteiger partial charge in [-0.1, -0.05) is 15.9 Å². The Balaban J connectivity index is 3.32. The Bertz CT molecular complexity index is 353. The van der Waals surface area contributed by atoms with Gasteiger partial charge >= 0.3 is 6.18 Å². The maximum absolute atomic E-state index is 12.3. The van der Waals surface area contributed by atoms with Gasteiger partial charge in [0.1, 0.15) is 10.3 Å². The van der Waals surface area contributed by atoms with E-state index in [1.165, 1.54) is 0 Å². The van der Waals surface area contributed by atoms with Gasteiger partial charge in [0.15, 0.2) is 0 Å². The van der Waals surface area contributed by atoms with E-state index in [1.807, 2.05) is 0 Å². The fraction of sp³-hybridized carbons (Fsp3) is 0.286. The molecule has 1 nitrogen and oxygen atoms in total. The summed E-state index contributed by atoms with van der Waals surface area (Å²) in [6.45, 7) is 0. The lowest BCUT2D eigenvalue weighted by Crippen LogP contribution is -2.09. The summed E-state index contributed by atoms with van der Waals surface area (Å²) in [6, 6.07) is 0.520. The lowest BCUT2D eigenvalue weighted by molar-refractivity contribution is -0.141. The van der Waals surface area contributed by atoms with Gasteiger partial charge in [-0.15, -0.1) is 0 Å². The van der Waals surface area contributed by atoms with Crippen LogP contribution in [0.4, 0.5) is 22.0 Å². The van der Waals surface area contributed by atoms with E-state index in [-0.39, 0.29) is 4.47 Å². The number of hydrogen-bond acceptors (Lipinski definition) is 1. The van der Waals surface area contributed by atoms with Crippen LogP contribution in [-0.4, -0.2) is 4.98 Å². The summed E-state index contributed by atoms with van der Waals surface area (Å²) in [7, 11) is 0. The number of pyridine rings is 1. The summed E-state index contributed by atoms with van der Waals surface area (Å²) >= 11 is 5.21. The predicted molar refractivity (Wildman–Crippen MR) is 49.6 cm³/mol. The predicted octanol–water partition coefficient (Wildman–Crippen LogP) is 4.56. The number of hydrogen-bond donors (Lipinski definition) is 0. The molecule has 0 fully saturated rings. The van der Waals surface area contributed by atoms with Gasteiger partial charge in [0, 0.05) is 4.47 Å². The van der Waals surface area contributed by atoms with E-state index in [0.717, 1.165) is 0 Å². The van der Waals surface area contributed by atoms with E-state index in [2.05, 4.69) is 36.8 Å². The van der Waals surface area contributed by atoms with Gasteiger partial charge < -0.3 is 0 Å². The SMILES string of the molecule is FC(F)c1c(Br)cc(C(F)(F)F)nc1Br. The highest BCUT2D eigenvalue weighted by Gasteiger charge is 2.34. The van der Waals surface area contributed by atoms with Crippen LogP contribution in [0.2, 0.25) is 0 Å². The highest BCUT2D eigenvalue weighted by molar-refractivity contribution is 9.11. The second-order valence-electron chi connectivity index (χ2n) is 2.49. The zero-order chi connectivity index (χ0) is 11.8. The van der Waals surface area contributed by atoms with E-state index >= 15 is 0 Å². The molecule has 1 rings (SSSR count). The lowest BCUT2D eigenvalue weighted by atomic mass is 10.2. The van der Waals surface area contributed by atoms with Gasteiger partial charge in [-0.05, 0) is 22.0 Å². The molecule has 0 amide bonds. The first-order valence-electron chi connectivity index (χ1n) is 3.44. The molecule has 1 aromatic rings. The molecule has 0 radical (unpaired) electrons. The Morgan fingerprint density at radius 3 is 2.07 bits per heavy atom. The molecular weight excluding hydrogens is 353 g/mol. The fourth-order valence-corrected chi connectivity index (χ4v) is 2.26. The van der Waals surface area contributed by atoms with Gasteiger partial charge in [0.25, 0.3) is 6.43 Å². The molecule has 0 aliphatic rings. The molecule has 0 N–H and O–H groups in total. The summed E-state index contributed by atoms with van der Waals surface area (Å²) in [5.41, 5.74) is -1.83. The fourth-order valence-electron chi connectivity index (χ4n) is 0.834. The average Bonchev–Trinajstić information content (AvgIpc) is 1.99. The van der Waals surface area contributed by atoms with Crippen LogP contribution in [0.1, 0.15) is 17.7 Å². The van der Waals surface area contributed by atoms with Gasteiger partial charge in [-0.3, -0.25) is 0 Å². The van der Waals surface area contributed by atoms with Crippen molar-refractivity contribution >= 4 is 31.9 Å². The largest absolute Gasteiger partial charge is 0.433 e. The van der Waals surface area contributed by atoms with Gasteiger partial charge in [0.2, 0.25) is 0 Å². The van der Waals surface area contributed by atoms with Crippen molar-refractivity contribution in [3.05, 3.63) is 26.4 Å². The van der Waals surface area contributed by atoms with Crippen LogP contribution in [0.3, 0.4) is 0 Å². The van der Waals surface area contributed by atoms with Crippen molar-refractivity contribution in [1.29, 1.82) is 0 Å². The molecule has 0 saturated heterocycles. The third kappa shape index (κ3) is 2.87. The van der Waals surface area contributed by atoms with E-state index < -0.39 is 28.5 Å². The van der Waals surface area contributed by atoms with Crippen molar-refractivity contribution in [1.82, 2.24) is 4.98 Å². The third-order valence-electron chi connectivity index (χ3n) is 1.47. The first-order chi connectivity index (χ1) is 6.73. The molecule has 0 unspecified atom stereocenters. The summed E-state index contributed by atoms with van der Waals surface area (Å²) in [6.07, 6.45) is -7.56. The van der Waals surface area contributed by atoms with Crippen LogP contribution in [0, 0.1) is 0 Å². The van der Waals surface area contributed by atoms with Crippen molar-refractivity contribution in [3.63, 3.8) is 0 Å². The number of alkyl halides is 5. The van der Waals surface area contributed by atoms with Crippen LogP contribution in [-0.2, 0) is 6.18 Å². The molecule has 0 spiro atoms. The van der Waals surface area contributed by atoms with Crippen molar-refractivity contribution in [2.24, 2.45) is 0 Å². The normalized spacial score (nSPS) is 12.3. The standard InChI is InChI=1S/C7H2Br2F5N/c8-2-1-3(7(12,13)14)15-5(9)4(2)6(10)11/h1,6H. The van der Waals surface area contributed by atoms with Crippen molar-refractivity contribution < 1.29 is 22.0 Å². The maximum Gasteiger partial charge on any atom is 0.433 e. The van der Waals surface area contributed by atoms with Crippen LogP contribution < -0.4 is 0 Å². The minimum atomic E-state index is -4.66. The molecule has 8 heteroatoms. The molecule has 0 aliphatic heterocycles. The quantitative estimate of drug-likeness (QED) is 0.532. The van der Waals surface area contributed by atoms with Crippen molar-refractivity contribution in [3.8, 4) is 0 Å². The number of halogens is 7. The minimum Gasteiger partial charge on any atom is -0.236 e. The molecule has 0 atom stereocenters. The average molecular weight is 355 g/mol. The zero-order valence-corrected chi connectivity index (χ0v) is 9.92. The Morgan fingerprint density at radius 2 is 1.73 bits per heavy atom. The molecule has 1 aromatic heterocycles. The smallest absolute Gasteiger partial charge is 0.236 e. The third-order valence-corrected chi connectivity index (χ3v) is 2.73. The number of rotatable bonds is 1. The molecule has 0 aromatic carbocycles. The lowest BCUT2D eigenvalue weighted by Gasteiger charge is -2.10. The first kappa shape index (κ1) is 12.8. The molecular formula is C7H2Br2F5N. The first-order valence-corrected chi connectivity index (χ1v) is 5.03. The van der Waals surface area contributed by atoms with E-state index in [0.29, 0.717) is 6.07 Å². The molecule has 0 aliphatic carbocycles. The number of nitrogens with zero attached hydrogens (tertiary/aromatic N) is 1. The topological polar surface area (TPSA) is 12.9 Å². The van der Waals surface area contributed by atoms with E-state index in [9.17, 15) is 22.0 Å². The van der Waals surface area contributed by atoms with Crippen molar-refractivity contribution in [2.45, 2.75) is 12.6 Å². The highest BCUT2D eigenvalue weighted by atomic mass is 79.9. The minimum absolute atomic E-state index is 0.327. The summed E-state index contributed by atoms with van der Waals surface area (Å²) < 4.78 is 60.4. The second kappa shape index (κ2) is 4.32. The summed E-state index contributed by atoms with van der Waals surface area (Å²) in [4.78, 5) is 3.01. The maximum atomic E-state index is 12.3. The van der Waals surface area contributed by atoms with Crippen molar-refractivity contribution in [2.75, 3.05) is 0 Å². The molecule has 1 heterocycles. The van der Waals surface area contributed by atoms with Crippen LogP contribution >= 0.6 is 31.9 Å². The monoisotopic (exact) mass is 353 g/mol. The van der Waals surface area contributed by atoms with Crippen LogP contribution in [0.25, 0.3) is 0 Å². The van der Waals surface area contributed by atoms with Gasteiger partial charge in [0.05, 0.1) is 5.56 Å². The Kier molecular flexibility index (Phi) is 3.70. The van der Waals surface area contributed by atoms with E-state index in [1.54, 1.807) is 0 Å². The summed E-state index contributed by atoms with van der Waals surface area (Å²) in [5.74, 6) is 0. The number of aromatic nitrogens is 1. The zero-order valence-electron chi connectivity index (χ0n) is 6.75. The molecule has 84 valence electrons. The van der Waals surface area contributed by atoms with E-state index in [4.69, 9.17) is 0 Å². The van der Waals surface area contributed by atoms with Crippen LogP contribution in [0.15, 0.2) is 15.1 Å². The molecule has 0 saturated carbocycles. The molecule has 0 bridgehead atoms. The van der Waals surface area contributed by atoms with Crippen LogP contribution in [0.5, 0.6) is 0 Å². The highest BCUT2D eigenvalue weighted by Crippen LogP contribution is 2.37. The Labute approximate surface area is 97.9 Å². The Morgan fingerprint density at radius 1 is 1.20 bits per heavy atom. The Hall–Kier alpha value is -0.240. The van der Waals surface area contributed by atoms with Gasteiger partial charge in [-0.2, -0.15) is 13.2 Å².